The number of carbonyl (C=O) groups excluding carboxylic acids is 1. The number of aliphatic hydroxyl groups excluding tert-OH is 1. The van der Waals surface area contributed by atoms with Crippen LogP contribution >= 0.6 is 0 Å². The number of hydrogen-bond acceptors (Lipinski definition) is 6. The number of nitrogens with zero attached hydrogens (tertiary/aromatic N) is 2. The number of β-amino-alcohol motifs (C(OH)–C–C–N with tert-alkyl or cyclic N) is 1. The third-order valence-corrected chi connectivity index (χ3v) is 5.33. The lowest BCUT2D eigenvalue weighted by molar-refractivity contribution is -0.171. The second-order valence-electron chi connectivity index (χ2n) is 8.31. The molecule has 1 heterocycles. The summed E-state index contributed by atoms with van der Waals surface area (Å²) < 4.78 is 105. The Balaban J connectivity index is 1.95. The van der Waals surface area contributed by atoms with Crippen molar-refractivity contribution in [1.29, 1.82) is 0 Å². The molecule has 2 rings (SSSR count). The van der Waals surface area contributed by atoms with Crippen molar-refractivity contribution in [3.63, 3.8) is 0 Å². The largest absolute Gasteiger partial charge is 0.416 e. The van der Waals surface area contributed by atoms with Gasteiger partial charge in [0.05, 0.1) is 37.6 Å². The zero-order chi connectivity index (χ0) is 26.9. The first kappa shape index (κ1) is 30.2. The number of morpholine rings is 1. The number of hydrogen-bond donors (Lipinski definition) is 1. The van der Waals surface area contributed by atoms with Crippen molar-refractivity contribution < 1.29 is 54.8 Å². The van der Waals surface area contributed by atoms with Crippen molar-refractivity contribution in [2.24, 2.45) is 0 Å². The maximum atomic E-state index is 13.1. The van der Waals surface area contributed by atoms with Gasteiger partial charge in [-0.25, -0.2) is 8.78 Å². The van der Waals surface area contributed by atoms with Gasteiger partial charge in [0.25, 0.3) is 5.91 Å². The van der Waals surface area contributed by atoms with Gasteiger partial charge in [-0.3, -0.25) is 9.69 Å². The quantitative estimate of drug-likeness (QED) is 0.393. The summed E-state index contributed by atoms with van der Waals surface area (Å²) in [6.45, 7) is -1.14. The zero-order valence-corrected chi connectivity index (χ0v) is 19.5. The number of aliphatic hydroxyl groups is 1. The van der Waals surface area contributed by atoms with Crippen molar-refractivity contribution in [1.82, 2.24) is 9.80 Å². The van der Waals surface area contributed by atoms with Gasteiger partial charge in [-0.15, -0.1) is 0 Å². The van der Waals surface area contributed by atoms with E-state index in [9.17, 15) is 40.6 Å². The third-order valence-electron chi connectivity index (χ3n) is 5.33. The maximum Gasteiger partial charge on any atom is 0.416 e. The molecule has 0 unspecified atom stereocenters. The molecule has 1 amide bonds. The van der Waals surface area contributed by atoms with Crippen molar-refractivity contribution in [2.75, 3.05) is 66.3 Å². The molecule has 0 radical (unpaired) electrons. The highest BCUT2D eigenvalue weighted by Gasteiger charge is 2.41. The number of carbonyl (C=O) groups is 1. The molecule has 1 saturated heterocycles. The number of benzene rings is 1. The topological polar surface area (TPSA) is 71.5 Å². The van der Waals surface area contributed by atoms with E-state index in [4.69, 9.17) is 9.47 Å². The molecule has 2 atom stereocenters. The van der Waals surface area contributed by atoms with Gasteiger partial charge in [-0.05, 0) is 18.2 Å². The third kappa shape index (κ3) is 9.47. The molecule has 0 saturated carbocycles. The second kappa shape index (κ2) is 13.5. The van der Waals surface area contributed by atoms with E-state index in [2.05, 4.69) is 4.74 Å². The predicted molar refractivity (Wildman–Crippen MR) is 113 cm³/mol. The van der Waals surface area contributed by atoms with Crippen molar-refractivity contribution in [3.8, 4) is 0 Å². The molecule has 1 fully saturated rings. The Hall–Kier alpha value is -2.00. The standard InChI is InChI=1S/C22H29F7N2O5/c1-34-7-6-31(19(33)15-3-2-4-16(9-15)22(27,28)29)12-18-11-30(5-8-36-18)10-17(32)13-35-14-21(25,26)20(23)24/h2-4,9,17-18,20,32H,5-8,10-14H2,1H3/t17-,18-/m0/s1. The lowest BCUT2D eigenvalue weighted by atomic mass is 10.1. The normalized spacial score (nSPS) is 18.4. The minimum atomic E-state index is -4.61. The average Bonchev–Trinajstić information content (AvgIpc) is 2.81. The van der Waals surface area contributed by atoms with Gasteiger partial charge in [0.1, 0.15) is 6.61 Å². The number of amides is 1. The number of rotatable bonds is 13. The molecular formula is C22H29F7N2O5. The number of alkyl halides is 7. The highest BCUT2D eigenvalue weighted by Crippen LogP contribution is 2.30. The Morgan fingerprint density at radius 2 is 2.00 bits per heavy atom. The highest BCUT2D eigenvalue weighted by molar-refractivity contribution is 5.94. The summed E-state index contributed by atoms with van der Waals surface area (Å²) in [6.07, 6.45) is -10.3. The second-order valence-corrected chi connectivity index (χ2v) is 8.31. The monoisotopic (exact) mass is 534 g/mol. The van der Waals surface area contributed by atoms with Gasteiger partial charge in [-0.2, -0.15) is 22.0 Å². The van der Waals surface area contributed by atoms with E-state index in [0.717, 1.165) is 18.2 Å². The van der Waals surface area contributed by atoms with Crippen LogP contribution in [-0.2, 0) is 20.4 Å². The molecule has 14 heteroatoms. The molecule has 1 aliphatic rings. The highest BCUT2D eigenvalue weighted by atomic mass is 19.4. The van der Waals surface area contributed by atoms with E-state index in [1.54, 1.807) is 4.90 Å². The van der Waals surface area contributed by atoms with Crippen molar-refractivity contribution >= 4 is 5.91 Å². The number of methoxy groups -OCH3 is 1. The Morgan fingerprint density at radius 3 is 2.64 bits per heavy atom. The molecule has 0 spiro atoms. The van der Waals surface area contributed by atoms with Crippen LogP contribution in [-0.4, -0.2) is 112 Å². The van der Waals surface area contributed by atoms with Crippen molar-refractivity contribution in [3.05, 3.63) is 35.4 Å². The van der Waals surface area contributed by atoms with Crippen LogP contribution in [0.1, 0.15) is 15.9 Å². The van der Waals surface area contributed by atoms with Crippen LogP contribution < -0.4 is 0 Å². The van der Waals surface area contributed by atoms with E-state index in [1.807, 2.05) is 0 Å². The van der Waals surface area contributed by atoms with E-state index >= 15 is 0 Å². The Labute approximate surface area is 203 Å². The lowest BCUT2D eigenvalue weighted by Crippen LogP contribution is -2.51. The molecule has 0 aromatic heterocycles. The first-order chi connectivity index (χ1) is 16.8. The summed E-state index contributed by atoms with van der Waals surface area (Å²) in [4.78, 5) is 16.0. The lowest BCUT2D eigenvalue weighted by Gasteiger charge is -2.36. The maximum absolute atomic E-state index is 13.1. The summed E-state index contributed by atoms with van der Waals surface area (Å²) in [6, 6.07) is 4.05. The van der Waals surface area contributed by atoms with Crippen LogP contribution in [0.15, 0.2) is 24.3 Å². The fraction of sp³-hybridized carbons (Fsp3) is 0.682. The molecular weight excluding hydrogens is 505 g/mol. The molecule has 36 heavy (non-hydrogen) atoms. The summed E-state index contributed by atoms with van der Waals surface area (Å²) >= 11 is 0. The minimum absolute atomic E-state index is 0.0160. The molecule has 1 N–H and O–H groups in total. The van der Waals surface area contributed by atoms with Gasteiger partial charge in [0.2, 0.25) is 0 Å². The first-order valence-corrected chi connectivity index (χ1v) is 11.0. The van der Waals surface area contributed by atoms with Crippen LogP contribution in [0.3, 0.4) is 0 Å². The van der Waals surface area contributed by atoms with Gasteiger partial charge in [0.15, 0.2) is 0 Å². The molecule has 7 nitrogen and oxygen atoms in total. The average molecular weight is 534 g/mol. The Morgan fingerprint density at radius 1 is 1.28 bits per heavy atom. The molecule has 0 aliphatic carbocycles. The fourth-order valence-corrected chi connectivity index (χ4v) is 3.54. The predicted octanol–water partition coefficient (Wildman–Crippen LogP) is 2.77. The number of halogens is 7. The summed E-state index contributed by atoms with van der Waals surface area (Å²) in [5.41, 5.74) is -1.11. The SMILES string of the molecule is COCCN(C[C@@H]1CN(C[C@H](O)COCC(F)(F)C(F)F)CCO1)C(=O)c1cccc(C(F)(F)F)c1. The first-order valence-electron chi connectivity index (χ1n) is 11.0. The molecule has 206 valence electrons. The van der Waals surface area contributed by atoms with E-state index in [1.165, 1.54) is 18.1 Å². The molecule has 0 bridgehead atoms. The van der Waals surface area contributed by atoms with Crippen LogP contribution in [0, 0.1) is 0 Å². The van der Waals surface area contributed by atoms with Crippen LogP contribution in [0.2, 0.25) is 0 Å². The van der Waals surface area contributed by atoms with Gasteiger partial charge in [0, 0.05) is 45.4 Å². The van der Waals surface area contributed by atoms with E-state index in [0.29, 0.717) is 6.54 Å². The zero-order valence-electron chi connectivity index (χ0n) is 19.5. The minimum Gasteiger partial charge on any atom is -0.389 e. The summed E-state index contributed by atoms with van der Waals surface area (Å²) in [7, 11) is 1.41. The van der Waals surface area contributed by atoms with Crippen LogP contribution in [0.25, 0.3) is 0 Å². The van der Waals surface area contributed by atoms with Crippen LogP contribution in [0.5, 0.6) is 0 Å². The van der Waals surface area contributed by atoms with Gasteiger partial charge >= 0.3 is 18.5 Å². The molecule has 1 aromatic rings. The Bertz CT molecular complexity index is 828. The van der Waals surface area contributed by atoms with E-state index in [-0.39, 0.29) is 45.0 Å². The van der Waals surface area contributed by atoms with Crippen molar-refractivity contribution in [2.45, 2.75) is 30.7 Å². The number of ether oxygens (including phenoxy) is 3. The van der Waals surface area contributed by atoms with Crippen LogP contribution in [0.4, 0.5) is 30.7 Å². The molecule has 1 aromatic carbocycles. The summed E-state index contributed by atoms with van der Waals surface area (Å²) in [5.74, 6) is -4.96. The van der Waals surface area contributed by atoms with Gasteiger partial charge in [-0.1, -0.05) is 6.07 Å². The smallest absolute Gasteiger partial charge is 0.389 e. The van der Waals surface area contributed by atoms with Gasteiger partial charge < -0.3 is 24.2 Å². The Kier molecular flexibility index (Phi) is 11.3. The fourth-order valence-electron chi connectivity index (χ4n) is 3.54. The summed E-state index contributed by atoms with van der Waals surface area (Å²) in [5, 5.41) is 10.0. The molecule has 1 aliphatic heterocycles. The van der Waals surface area contributed by atoms with E-state index < -0.39 is 55.4 Å².